The van der Waals surface area contributed by atoms with Crippen LogP contribution in [0, 0.1) is 0 Å². The summed E-state index contributed by atoms with van der Waals surface area (Å²) in [4.78, 5) is 10.7. The standard InChI is InChI=1S/C7H11BrO3/c1-6(7(9)11-8)4-3-5-10-2/h1,3-5H2,2H3. The van der Waals surface area contributed by atoms with E-state index in [4.69, 9.17) is 4.74 Å². The van der Waals surface area contributed by atoms with Crippen molar-refractivity contribution in [2.75, 3.05) is 13.7 Å². The summed E-state index contributed by atoms with van der Waals surface area (Å²) in [7, 11) is 1.62. The molecule has 0 aliphatic carbocycles. The van der Waals surface area contributed by atoms with E-state index in [1.807, 2.05) is 0 Å². The van der Waals surface area contributed by atoms with Crippen LogP contribution < -0.4 is 0 Å². The number of ether oxygens (including phenoxy) is 1. The Morgan fingerprint density at radius 2 is 2.27 bits per heavy atom. The summed E-state index contributed by atoms with van der Waals surface area (Å²) in [6, 6.07) is 0. The van der Waals surface area contributed by atoms with Gasteiger partial charge in [0, 0.05) is 19.3 Å². The second-order valence-corrected chi connectivity index (χ2v) is 2.39. The van der Waals surface area contributed by atoms with Crippen LogP contribution in [0.2, 0.25) is 0 Å². The third-order valence-corrected chi connectivity index (χ3v) is 1.48. The van der Waals surface area contributed by atoms with Crippen molar-refractivity contribution in [2.45, 2.75) is 12.8 Å². The summed E-state index contributed by atoms with van der Waals surface area (Å²) in [6.45, 7) is 4.17. The minimum absolute atomic E-state index is 0.416. The molecule has 0 spiro atoms. The highest BCUT2D eigenvalue weighted by atomic mass is 79.9. The Morgan fingerprint density at radius 3 is 2.73 bits per heavy atom. The summed E-state index contributed by atoms with van der Waals surface area (Å²) >= 11 is 2.58. The number of halogens is 1. The molecule has 11 heavy (non-hydrogen) atoms. The zero-order valence-corrected chi connectivity index (χ0v) is 8.02. The fraction of sp³-hybridized carbons (Fsp3) is 0.571. The summed E-state index contributed by atoms with van der Waals surface area (Å²) < 4.78 is 9.08. The Balaban J connectivity index is 3.44. The zero-order valence-electron chi connectivity index (χ0n) is 6.43. The van der Waals surface area contributed by atoms with Crippen LogP contribution in [0.5, 0.6) is 0 Å². The lowest BCUT2D eigenvalue weighted by atomic mass is 10.2. The highest BCUT2D eigenvalue weighted by molar-refractivity contribution is 9.06. The van der Waals surface area contributed by atoms with Gasteiger partial charge < -0.3 is 8.57 Å². The highest BCUT2D eigenvalue weighted by Crippen LogP contribution is 2.06. The van der Waals surface area contributed by atoms with Crippen molar-refractivity contribution >= 4 is 22.2 Å². The molecular weight excluding hydrogens is 212 g/mol. The van der Waals surface area contributed by atoms with Crippen molar-refractivity contribution in [2.24, 2.45) is 0 Å². The second-order valence-electron chi connectivity index (χ2n) is 2.06. The van der Waals surface area contributed by atoms with Gasteiger partial charge in [-0.3, -0.25) is 0 Å². The number of carbonyl (C=O) groups excluding carboxylic acids is 1. The lowest BCUT2D eigenvalue weighted by Crippen LogP contribution is -2.01. The lowest BCUT2D eigenvalue weighted by Gasteiger charge is -2.00. The minimum Gasteiger partial charge on any atom is -0.385 e. The maximum Gasteiger partial charge on any atom is 0.344 e. The molecule has 64 valence electrons. The Bertz CT molecular complexity index is 145. The minimum atomic E-state index is -0.416. The molecule has 3 nitrogen and oxygen atoms in total. The Morgan fingerprint density at radius 1 is 1.64 bits per heavy atom. The van der Waals surface area contributed by atoms with Gasteiger partial charge in [-0.1, -0.05) is 6.58 Å². The van der Waals surface area contributed by atoms with Gasteiger partial charge in [-0.25, -0.2) is 4.79 Å². The molecule has 0 aliphatic heterocycles. The number of carbonyl (C=O) groups is 1. The summed E-state index contributed by atoms with van der Waals surface area (Å²) in [6.07, 6.45) is 1.40. The third-order valence-electron chi connectivity index (χ3n) is 1.19. The van der Waals surface area contributed by atoms with Gasteiger partial charge in [0.15, 0.2) is 16.3 Å². The van der Waals surface area contributed by atoms with Crippen LogP contribution >= 0.6 is 16.3 Å². The Hall–Kier alpha value is -0.350. The third kappa shape index (κ3) is 4.98. The molecule has 0 saturated carbocycles. The molecule has 0 rings (SSSR count). The van der Waals surface area contributed by atoms with Gasteiger partial charge >= 0.3 is 5.97 Å². The first kappa shape index (κ1) is 10.7. The zero-order chi connectivity index (χ0) is 8.69. The van der Waals surface area contributed by atoms with E-state index in [0.717, 1.165) is 6.42 Å². The molecule has 0 aromatic heterocycles. The average Bonchev–Trinajstić information content (AvgIpc) is 2.03. The molecule has 0 unspecified atom stereocenters. The van der Waals surface area contributed by atoms with Crippen molar-refractivity contribution in [1.29, 1.82) is 0 Å². The van der Waals surface area contributed by atoms with E-state index < -0.39 is 5.97 Å². The first-order valence-electron chi connectivity index (χ1n) is 3.22. The molecule has 0 atom stereocenters. The van der Waals surface area contributed by atoms with Gasteiger partial charge in [-0.05, 0) is 12.8 Å². The molecule has 0 fully saturated rings. The Labute approximate surface area is 74.8 Å². The summed E-state index contributed by atoms with van der Waals surface area (Å²) in [5, 5.41) is 0. The van der Waals surface area contributed by atoms with Gasteiger partial charge in [0.05, 0.1) is 0 Å². The summed E-state index contributed by atoms with van der Waals surface area (Å²) in [5.74, 6) is -0.416. The topological polar surface area (TPSA) is 35.5 Å². The van der Waals surface area contributed by atoms with E-state index >= 15 is 0 Å². The van der Waals surface area contributed by atoms with Crippen molar-refractivity contribution in [3.8, 4) is 0 Å². The first-order valence-corrected chi connectivity index (χ1v) is 3.86. The van der Waals surface area contributed by atoms with Gasteiger partial charge in [0.2, 0.25) is 0 Å². The molecule has 0 N–H and O–H groups in total. The molecule has 0 radical (unpaired) electrons. The van der Waals surface area contributed by atoms with Crippen molar-refractivity contribution in [3.63, 3.8) is 0 Å². The average molecular weight is 223 g/mol. The molecule has 0 aromatic rings. The van der Waals surface area contributed by atoms with Gasteiger partial charge in [-0.15, -0.1) is 0 Å². The van der Waals surface area contributed by atoms with E-state index in [9.17, 15) is 4.79 Å². The molecule has 0 aliphatic rings. The molecule has 0 heterocycles. The van der Waals surface area contributed by atoms with E-state index in [-0.39, 0.29) is 0 Å². The van der Waals surface area contributed by atoms with Crippen molar-refractivity contribution < 1.29 is 13.4 Å². The fourth-order valence-electron chi connectivity index (χ4n) is 0.587. The normalized spacial score (nSPS) is 9.27. The number of hydrogen-bond acceptors (Lipinski definition) is 3. The number of methoxy groups -OCH3 is 1. The second kappa shape index (κ2) is 6.37. The molecule has 0 aromatic carbocycles. The van der Waals surface area contributed by atoms with E-state index in [1.165, 1.54) is 0 Å². The van der Waals surface area contributed by atoms with Crippen LogP contribution in [0.4, 0.5) is 0 Å². The van der Waals surface area contributed by atoms with Crippen LogP contribution in [-0.4, -0.2) is 19.7 Å². The molecule has 0 amide bonds. The highest BCUT2D eigenvalue weighted by Gasteiger charge is 2.05. The predicted octanol–water partition coefficient (Wildman–Crippen LogP) is 1.82. The van der Waals surface area contributed by atoms with E-state index in [2.05, 4.69) is 26.7 Å². The van der Waals surface area contributed by atoms with Crippen LogP contribution in [-0.2, 0) is 13.4 Å². The maximum absolute atomic E-state index is 10.7. The van der Waals surface area contributed by atoms with Crippen LogP contribution in [0.15, 0.2) is 12.2 Å². The van der Waals surface area contributed by atoms with Gasteiger partial charge in [-0.2, -0.15) is 0 Å². The monoisotopic (exact) mass is 222 g/mol. The molecular formula is C7H11BrO3. The van der Waals surface area contributed by atoms with Crippen LogP contribution in [0.1, 0.15) is 12.8 Å². The van der Waals surface area contributed by atoms with Crippen molar-refractivity contribution in [1.82, 2.24) is 0 Å². The van der Waals surface area contributed by atoms with Crippen LogP contribution in [0.25, 0.3) is 0 Å². The predicted molar refractivity (Wildman–Crippen MR) is 45.3 cm³/mol. The van der Waals surface area contributed by atoms with E-state index in [1.54, 1.807) is 7.11 Å². The smallest absolute Gasteiger partial charge is 0.344 e. The van der Waals surface area contributed by atoms with Gasteiger partial charge in [0.25, 0.3) is 0 Å². The molecule has 0 saturated heterocycles. The number of hydrogen-bond donors (Lipinski definition) is 0. The maximum atomic E-state index is 10.7. The molecule has 4 heteroatoms. The first-order chi connectivity index (χ1) is 5.22. The summed E-state index contributed by atoms with van der Waals surface area (Å²) in [5.41, 5.74) is 0.457. The fourth-order valence-corrected chi connectivity index (χ4v) is 0.815. The molecule has 0 bridgehead atoms. The van der Waals surface area contributed by atoms with Crippen molar-refractivity contribution in [3.05, 3.63) is 12.2 Å². The quantitative estimate of drug-likeness (QED) is 0.526. The largest absolute Gasteiger partial charge is 0.385 e. The van der Waals surface area contributed by atoms with Gasteiger partial charge in [0.1, 0.15) is 0 Å². The SMILES string of the molecule is C=C(CCCOC)C(=O)OBr. The van der Waals surface area contributed by atoms with E-state index in [0.29, 0.717) is 18.6 Å². The number of rotatable bonds is 5. The lowest BCUT2D eigenvalue weighted by molar-refractivity contribution is -0.128. The Kier molecular flexibility index (Phi) is 6.16. The van der Waals surface area contributed by atoms with Crippen LogP contribution in [0.3, 0.4) is 0 Å².